The minimum Gasteiger partial charge on any atom is -0.668 e. The number of carbonyl (C=O) groups is 1. The number of rotatable bonds is 5. The van der Waals surface area contributed by atoms with E-state index in [1.54, 1.807) is 0 Å². The maximum atomic E-state index is 10.6. The van der Waals surface area contributed by atoms with Crippen LogP contribution in [0.15, 0.2) is 35.7 Å². The Balaban J connectivity index is 0.00000180. The monoisotopic (exact) mass is 453 g/mol. The van der Waals surface area contributed by atoms with E-state index in [2.05, 4.69) is 4.98 Å². The second-order valence-electron chi connectivity index (χ2n) is 4.01. The summed E-state index contributed by atoms with van der Waals surface area (Å²) in [5.74, 6) is -0.578. The molecule has 0 bridgehead atoms. The van der Waals surface area contributed by atoms with E-state index < -0.39 is 5.91 Å². The summed E-state index contributed by atoms with van der Waals surface area (Å²) >= 11 is 1.50. The molecule has 2 aromatic rings. The smallest absolute Gasteiger partial charge is 0.110 e. The minimum absolute atomic E-state index is 0. The Bertz CT molecular complexity index is 530. The van der Waals surface area contributed by atoms with E-state index in [0.717, 1.165) is 16.3 Å². The molecule has 103 valence electrons. The second kappa shape index (κ2) is 7.50. The van der Waals surface area contributed by atoms with Crippen LogP contribution in [0, 0.1) is 0 Å². The van der Waals surface area contributed by atoms with Crippen molar-refractivity contribution in [2.45, 2.75) is 18.9 Å². The Kier molecular flexibility index (Phi) is 6.31. The average molecular weight is 453 g/mol. The van der Waals surface area contributed by atoms with Gasteiger partial charge in [-0.3, -0.25) is 0 Å². The van der Waals surface area contributed by atoms with E-state index in [9.17, 15) is 4.79 Å². The van der Waals surface area contributed by atoms with Gasteiger partial charge in [0.25, 0.3) is 0 Å². The molecule has 0 aliphatic rings. The summed E-state index contributed by atoms with van der Waals surface area (Å²) in [6.45, 7) is 0. The number of carbonyl (C=O) groups excluding carboxylic acids is 1. The first-order valence-electron chi connectivity index (χ1n) is 5.67. The van der Waals surface area contributed by atoms with E-state index in [4.69, 9.17) is 11.5 Å². The van der Waals surface area contributed by atoms with Crippen LogP contribution in [0.4, 0.5) is 0 Å². The van der Waals surface area contributed by atoms with Crippen molar-refractivity contribution in [2.24, 2.45) is 5.73 Å². The molecule has 6 heteroatoms. The molecule has 0 fully saturated rings. The molecule has 1 aromatic heterocycles. The van der Waals surface area contributed by atoms with Gasteiger partial charge in [-0.05, 0) is 12.8 Å². The van der Waals surface area contributed by atoms with Crippen molar-refractivity contribution >= 4 is 17.2 Å². The van der Waals surface area contributed by atoms with Crippen molar-refractivity contribution in [3.05, 3.63) is 46.5 Å². The van der Waals surface area contributed by atoms with Gasteiger partial charge in [0, 0.05) is 37.0 Å². The Morgan fingerprint density at radius 2 is 2.05 bits per heavy atom. The number of aromatic nitrogens is 1. The van der Waals surface area contributed by atoms with Crippen LogP contribution in [-0.4, -0.2) is 10.9 Å². The normalized spacial score (nSPS) is 11.6. The zero-order valence-electron chi connectivity index (χ0n) is 10.1. The van der Waals surface area contributed by atoms with Gasteiger partial charge in [-0.25, -0.2) is 4.98 Å². The van der Waals surface area contributed by atoms with Gasteiger partial charge < -0.3 is 16.3 Å². The molecule has 0 spiro atoms. The number of amides is 1. The number of nitrogens with two attached hydrogens (primary N) is 1. The summed E-state index contributed by atoms with van der Waals surface area (Å²) in [6.07, 6.45) is 0.658. The number of hydrogen-bond donors (Lipinski definition) is 1. The summed E-state index contributed by atoms with van der Waals surface area (Å²) in [5.41, 5.74) is 14.8. The molecule has 0 aliphatic heterocycles. The van der Waals surface area contributed by atoms with E-state index in [1.165, 1.54) is 11.3 Å². The molecule has 1 aromatic carbocycles. The summed E-state index contributed by atoms with van der Waals surface area (Å²) in [5, 5.41) is 2.78. The fourth-order valence-electron chi connectivity index (χ4n) is 1.61. The predicted octanol–water partition coefficient (Wildman–Crippen LogP) is 3.17. The third-order valence-corrected chi connectivity index (χ3v) is 3.57. The van der Waals surface area contributed by atoms with Crippen LogP contribution in [0.3, 0.4) is 0 Å². The van der Waals surface area contributed by atoms with Crippen LogP contribution in [0.2, 0.25) is 0 Å². The summed E-state index contributed by atoms with van der Waals surface area (Å²) in [6, 6.07) is 9.62. The van der Waals surface area contributed by atoms with Crippen LogP contribution in [0.25, 0.3) is 17.0 Å². The van der Waals surface area contributed by atoms with Gasteiger partial charge in [-0.2, -0.15) is 0 Å². The maximum Gasteiger partial charge on any atom is 0.110 e. The summed E-state index contributed by atoms with van der Waals surface area (Å²) in [4.78, 5) is 15.1. The Hall–Kier alpha value is -1.07. The number of hydrogen-bond acceptors (Lipinski definition) is 4. The first-order valence-corrected chi connectivity index (χ1v) is 6.55. The zero-order chi connectivity index (χ0) is 13.0. The van der Waals surface area contributed by atoms with Crippen molar-refractivity contribution < 1.29 is 24.9 Å². The standard InChI is InChI=1S/C13H15N3OS.Ir/c14-10(6-7-12(15)17)13-16-11(8-18-13)9-4-2-1-3-5-9;/h1-5,8,10H,6-7,14H2,(H2,15,17);/p-1. The van der Waals surface area contributed by atoms with Crippen LogP contribution in [0.1, 0.15) is 23.9 Å². The Morgan fingerprint density at radius 1 is 1.37 bits per heavy atom. The average Bonchev–Trinajstić information content (AvgIpc) is 2.86. The molecule has 19 heavy (non-hydrogen) atoms. The topological polar surface area (TPSA) is 79.8 Å². The van der Waals surface area contributed by atoms with Crippen molar-refractivity contribution in [1.29, 1.82) is 0 Å². The molecule has 1 amide bonds. The first-order chi connectivity index (χ1) is 8.66. The zero-order valence-corrected chi connectivity index (χ0v) is 13.3. The number of nitrogens with one attached hydrogen (secondary N) is 1. The second-order valence-corrected chi connectivity index (χ2v) is 4.90. The van der Waals surface area contributed by atoms with Gasteiger partial charge >= 0.3 is 0 Å². The van der Waals surface area contributed by atoms with Gasteiger partial charge in [0.2, 0.25) is 0 Å². The SMILES string of the molecule is [Ir].[NH-]C(=O)CCC(N)c1nc(-c2ccccc2)cs1. The van der Waals surface area contributed by atoms with Gasteiger partial charge in [0.1, 0.15) is 5.01 Å². The first kappa shape index (κ1) is 16.0. The number of benzene rings is 1. The molecule has 0 saturated heterocycles. The molecule has 3 N–H and O–H groups in total. The molecule has 1 heterocycles. The minimum atomic E-state index is -0.578. The molecular weight excluding hydrogens is 438 g/mol. The van der Waals surface area contributed by atoms with Gasteiger partial charge in [0.05, 0.1) is 11.7 Å². The predicted molar refractivity (Wildman–Crippen MR) is 73.0 cm³/mol. The van der Waals surface area contributed by atoms with E-state index in [-0.39, 0.29) is 32.6 Å². The molecule has 1 radical (unpaired) electrons. The van der Waals surface area contributed by atoms with Crippen LogP contribution in [-0.2, 0) is 24.9 Å². The molecule has 0 saturated carbocycles. The molecule has 1 unspecified atom stereocenters. The van der Waals surface area contributed by atoms with E-state index >= 15 is 0 Å². The quantitative estimate of drug-likeness (QED) is 0.757. The van der Waals surface area contributed by atoms with E-state index in [1.807, 2.05) is 35.7 Å². The molecule has 0 aliphatic carbocycles. The van der Waals surface area contributed by atoms with Gasteiger partial charge in [-0.15, -0.1) is 11.3 Å². The summed E-state index contributed by atoms with van der Waals surface area (Å²) < 4.78 is 0. The van der Waals surface area contributed by atoms with Crippen molar-refractivity contribution in [3.8, 4) is 11.3 Å². The van der Waals surface area contributed by atoms with Crippen LogP contribution < -0.4 is 5.73 Å². The molecule has 2 rings (SSSR count). The molecule has 4 nitrogen and oxygen atoms in total. The molecule has 1 atom stereocenters. The third kappa shape index (κ3) is 4.51. The van der Waals surface area contributed by atoms with Crippen molar-refractivity contribution in [2.75, 3.05) is 0 Å². The Labute approximate surface area is 129 Å². The molecular formula is C13H14IrN3OS-. The Morgan fingerprint density at radius 3 is 2.68 bits per heavy atom. The largest absolute Gasteiger partial charge is 0.668 e. The van der Waals surface area contributed by atoms with Gasteiger partial charge in [-0.1, -0.05) is 30.3 Å². The fourth-order valence-corrected chi connectivity index (χ4v) is 2.47. The van der Waals surface area contributed by atoms with Crippen molar-refractivity contribution in [1.82, 2.24) is 4.98 Å². The third-order valence-electron chi connectivity index (χ3n) is 2.59. The fraction of sp³-hybridized carbons (Fsp3) is 0.231. The van der Waals surface area contributed by atoms with Gasteiger partial charge in [0.15, 0.2) is 0 Å². The van der Waals surface area contributed by atoms with Crippen LogP contribution >= 0.6 is 11.3 Å². The van der Waals surface area contributed by atoms with Crippen LogP contribution in [0.5, 0.6) is 0 Å². The van der Waals surface area contributed by atoms with Crippen molar-refractivity contribution in [3.63, 3.8) is 0 Å². The number of thiazole rings is 1. The number of nitrogens with zero attached hydrogens (tertiary/aromatic N) is 1. The van der Waals surface area contributed by atoms with E-state index in [0.29, 0.717) is 6.42 Å². The maximum absolute atomic E-state index is 10.6. The summed E-state index contributed by atoms with van der Waals surface area (Å²) in [7, 11) is 0.